The quantitative estimate of drug-likeness (QED) is 0.312. The highest BCUT2D eigenvalue weighted by molar-refractivity contribution is 5.70. The molecule has 0 aromatic heterocycles. The van der Waals surface area contributed by atoms with E-state index < -0.39 is 0 Å². The number of rotatable bonds is 15. The Hall–Kier alpha value is -1.06. The van der Waals surface area contributed by atoms with E-state index in [1.54, 1.807) is 0 Å². The lowest BCUT2D eigenvalue weighted by molar-refractivity contribution is -0.146. The topological polar surface area (TPSA) is 52.6 Å². The van der Waals surface area contributed by atoms with Crippen LogP contribution in [0.4, 0.5) is 0 Å². The molecule has 1 atom stereocenters. The first-order valence-corrected chi connectivity index (χ1v) is 9.41. The van der Waals surface area contributed by atoms with Gasteiger partial charge >= 0.3 is 11.9 Å². The van der Waals surface area contributed by atoms with Gasteiger partial charge in [-0.3, -0.25) is 9.59 Å². The Morgan fingerprint density at radius 3 is 1.91 bits per heavy atom. The normalized spacial score (nSPS) is 12.0. The Balaban J connectivity index is 3.38. The molecule has 136 valence electrons. The number of hydrogen-bond donors (Lipinski definition) is 0. The van der Waals surface area contributed by atoms with Gasteiger partial charge in [-0.1, -0.05) is 52.9 Å². The molecule has 0 aromatic rings. The number of carbonyl (C=O) groups excluding carboxylic acids is 2. The molecular weight excluding hydrogens is 292 g/mol. The van der Waals surface area contributed by atoms with Gasteiger partial charge in [-0.05, 0) is 31.6 Å². The van der Waals surface area contributed by atoms with E-state index in [1.165, 1.54) is 19.3 Å². The van der Waals surface area contributed by atoms with E-state index in [0.29, 0.717) is 44.8 Å². The standard InChI is InChI=1S/C19H36O4/c1-4-6-7-8-11-15-22-18(20)12-9-10-13-19(21)23-16-14-17(3)5-2/h17H,4-16H2,1-3H3. The molecule has 0 aliphatic carbocycles. The summed E-state index contributed by atoms with van der Waals surface area (Å²) in [5.41, 5.74) is 0. The lowest BCUT2D eigenvalue weighted by atomic mass is 10.1. The molecule has 0 aliphatic rings. The number of unbranched alkanes of at least 4 members (excludes halogenated alkanes) is 5. The Morgan fingerprint density at radius 2 is 1.35 bits per heavy atom. The van der Waals surface area contributed by atoms with Gasteiger partial charge in [0.05, 0.1) is 13.2 Å². The van der Waals surface area contributed by atoms with E-state index in [0.717, 1.165) is 25.7 Å². The summed E-state index contributed by atoms with van der Waals surface area (Å²) < 4.78 is 10.4. The number of esters is 2. The molecule has 0 radical (unpaired) electrons. The Kier molecular flexibility index (Phi) is 15.1. The smallest absolute Gasteiger partial charge is 0.305 e. The minimum absolute atomic E-state index is 0.148. The van der Waals surface area contributed by atoms with Crippen molar-refractivity contribution in [2.24, 2.45) is 5.92 Å². The van der Waals surface area contributed by atoms with Gasteiger partial charge in [0, 0.05) is 12.8 Å². The van der Waals surface area contributed by atoms with Crippen LogP contribution in [-0.2, 0) is 19.1 Å². The summed E-state index contributed by atoms with van der Waals surface area (Å²) in [5, 5.41) is 0. The van der Waals surface area contributed by atoms with Gasteiger partial charge in [0.2, 0.25) is 0 Å². The van der Waals surface area contributed by atoms with Crippen molar-refractivity contribution in [1.29, 1.82) is 0 Å². The Morgan fingerprint density at radius 1 is 0.783 bits per heavy atom. The summed E-state index contributed by atoms with van der Waals surface area (Å²) in [6.07, 6.45) is 9.97. The van der Waals surface area contributed by atoms with Crippen molar-refractivity contribution in [1.82, 2.24) is 0 Å². The predicted molar refractivity (Wildman–Crippen MR) is 93.2 cm³/mol. The van der Waals surface area contributed by atoms with Crippen molar-refractivity contribution in [3.8, 4) is 0 Å². The average molecular weight is 328 g/mol. The first kappa shape index (κ1) is 21.9. The number of ether oxygens (including phenoxy) is 2. The third kappa shape index (κ3) is 15.6. The Labute approximate surface area is 142 Å². The zero-order chi connectivity index (χ0) is 17.3. The minimum Gasteiger partial charge on any atom is -0.466 e. The van der Waals surface area contributed by atoms with Crippen LogP contribution in [0.2, 0.25) is 0 Å². The van der Waals surface area contributed by atoms with Crippen LogP contribution in [0, 0.1) is 5.92 Å². The van der Waals surface area contributed by atoms with Crippen LogP contribution in [0.25, 0.3) is 0 Å². The van der Waals surface area contributed by atoms with Crippen molar-refractivity contribution in [3.63, 3.8) is 0 Å². The van der Waals surface area contributed by atoms with Crippen LogP contribution < -0.4 is 0 Å². The van der Waals surface area contributed by atoms with Crippen LogP contribution in [0.5, 0.6) is 0 Å². The maximum atomic E-state index is 11.5. The third-order valence-electron chi connectivity index (χ3n) is 4.09. The fourth-order valence-electron chi connectivity index (χ4n) is 2.15. The van der Waals surface area contributed by atoms with Crippen molar-refractivity contribution in [2.45, 2.75) is 91.4 Å². The second-order valence-corrected chi connectivity index (χ2v) is 6.36. The van der Waals surface area contributed by atoms with E-state index in [1.807, 2.05) is 0 Å². The summed E-state index contributed by atoms with van der Waals surface area (Å²) in [5.74, 6) is 0.294. The third-order valence-corrected chi connectivity index (χ3v) is 4.09. The fraction of sp³-hybridized carbons (Fsp3) is 0.895. The van der Waals surface area contributed by atoms with E-state index in [9.17, 15) is 9.59 Å². The molecular formula is C19H36O4. The number of carbonyl (C=O) groups is 2. The molecule has 0 spiro atoms. The lowest BCUT2D eigenvalue weighted by Crippen LogP contribution is -2.09. The summed E-state index contributed by atoms with van der Waals surface area (Å²) >= 11 is 0. The van der Waals surface area contributed by atoms with Crippen LogP contribution in [0.3, 0.4) is 0 Å². The zero-order valence-electron chi connectivity index (χ0n) is 15.4. The van der Waals surface area contributed by atoms with Crippen LogP contribution in [0.1, 0.15) is 91.4 Å². The van der Waals surface area contributed by atoms with Gasteiger partial charge < -0.3 is 9.47 Å². The molecule has 0 aromatic carbocycles. The SMILES string of the molecule is CCCCCCCOC(=O)CCCCC(=O)OCCC(C)CC. The van der Waals surface area contributed by atoms with Crippen molar-refractivity contribution < 1.29 is 19.1 Å². The summed E-state index contributed by atoms with van der Waals surface area (Å²) in [6.45, 7) is 7.51. The van der Waals surface area contributed by atoms with Crippen molar-refractivity contribution in [3.05, 3.63) is 0 Å². The molecule has 0 fully saturated rings. The molecule has 0 N–H and O–H groups in total. The highest BCUT2D eigenvalue weighted by Crippen LogP contribution is 2.08. The van der Waals surface area contributed by atoms with Gasteiger partial charge in [0.15, 0.2) is 0 Å². The average Bonchev–Trinajstić information content (AvgIpc) is 2.54. The first-order valence-electron chi connectivity index (χ1n) is 9.41. The molecule has 0 saturated heterocycles. The van der Waals surface area contributed by atoms with Crippen molar-refractivity contribution >= 4 is 11.9 Å². The second-order valence-electron chi connectivity index (χ2n) is 6.36. The van der Waals surface area contributed by atoms with Crippen LogP contribution in [0.15, 0.2) is 0 Å². The molecule has 4 heteroatoms. The molecule has 23 heavy (non-hydrogen) atoms. The van der Waals surface area contributed by atoms with Gasteiger partial charge in [0.1, 0.15) is 0 Å². The summed E-state index contributed by atoms with van der Waals surface area (Å²) in [6, 6.07) is 0. The van der Waals surface area contributed by atoms with E-state index >= 15 is 0 Å². The zero-order valence-corrected chi connectivity index (χ0v) is 15.4. The molecule has 0 amide bonds. The maximum Gasteiger partial charge on any atom is 0.305 e. The highest BCUT2D eigenvalue weighted by atomic mass is 16.5. The van der Waals surface area contributed by atoms with Crippen LogP contribution in [-0.4, -0.2) is 25.2 Å². The maximum absolute atomic E-state index is 11.5. The van der Waals surface area contributed by atoms with Crippen LogP contribution >= 0.6 is 0 Å². The van der Waals surface area contributed by atoms with E-state index in [2.05, 4.69) is 20.8 Å². The van der Waals surface area contributed by atoms with Gasteiger partial charge in [0.25, 0.3) is 0 Å². The Bertz CT molecular complexity index is 302. The first-order chi connectivity index (χ1) is 11.1. The number of hydrogen-bond acceptors (Lipinski definition) is 4. The van der Waals surface area contributed by atoms with Gasteiger partial charge in [-0.15, -0.1) is 0 Å². The molecule has 0 heterocycles. The molecule has 0 saturated carbocycles. The molecule has 1 unspecified atom stereocenters. The van der Waals surface area contributed by atoms with Crippen molar-refractivity contribution in [2.75, 3.05) is 13.2 Å². The summed E-state index contributed by atoms with van der Waals surface area (Å²) in [4.78, 5) is 23.0. The summed E-state index contributed by atoms with van der Waals surface area (Å²) in [7, 11) is 0. The molecule has 0 bridgehead atoms. The molecule has 0 aliphatic heterocycles. The highest BCUT2D eigenvalue weighted by Gasteiger charge is 2.07. The minimum atomic E-state index is -0.155. The largest absolute Gasteiger partial charge is 0.466 e. The predicted octanol–water partition coefficient (Wildman–Crippen LogP) is 5.04. The fourth-order valence-corrected chi connectivity index (χ4v) is 2.15. The van der Waals surface area contributed by atoms with E-state index in [-0.39, 0.29) is 11.9 Å². The van der Waals surface area contributed by atoms with Gasteiger partial charge in [-0.25, -0.2) is 0 Å². The van der Waals surface area contributed by atoms with E-state index in [4.69, 9.17) is 9.47 Å². The second kappa shape index (κ2) is 15.8. The molecule has 0 rings (SSSR count). The monoisotopic (exact) mass is 328 g/mol. The lowest BCUT2D eigenvalue weighted by Gasteiger charge is -2.09. The molecule has 4 nitrogen and oxygen atoms in total. The van der Waals surface area contributed by atoms with Gasteiger partial charge in [-0.2, -0.15) is 0 Å².